The summed E-state index contributed by atoms with van der Waals surface area (Å²) in [6, 6.07) is 11.2. The third-order valence-corrected chi connectivity index (χ3v) is 6.63. The predicted molar refractivity (Wildman–Crippen MR) is 103 cm³/mol. The zero-order valence-corrected chi connectivity index (χ0v) is 16.5. The van der Waals surface area contributed by atoms with Crippen molar-refractivity contribution in [2.45, 2.75) is 43.9 Å². The normalized spacial score (nSPS) is 18.4. The summed E-state index contributed by atoms with van der Waals surface area (Å²) < 4.78 is 64.7. The van der Waals surface area contributed by atoms with E-state index < -0.39 is 16.4 Å². The molecule has 1 fully saturated rings. The lowest BCUT2D eigenvalue weighted by Crippen LogP contribution is -2.17. The number of hydrogen-bond donors (Lipinski definition) is 1. The van der Waals surface area contributed by atoms with Gasteiger partial charge in [0.1, 0.15) is 5.75 Å². The Bertz CT molecular complexity index is 1100. The quantitative estimate of drug-likeness (QED) is 0.750. The Balaban J connectivity index is 1.72. The van der Waals surface area contributed by atoms with Crippen molar-refractivity contribution in [3.05, 3.63) is 59.2 Å². The fraction of sp³-hybridized carbons (Fsp3) is 0.333. The minimum Gasteiger partial charge on any atom is -0.406 e. The molecular formula is C21H20F3NO3S. The Morgan fingerprint density at radius 3 is 2.00 bits per heavy atom. The van der Waals surface area contributed by atoms with E-state index in [-0.39, 0.29) is 16.1 Å². The topological polar surface area (TPSA) is 69.4 Å². The minimum absolute atomic E-state index is 0.0482. The molecule has 0 unspecified atom stereocenters. The van der Waals surface area contributed by atoms with Crippen molar-refractivity contribution in [3.63, 3.8) is 0 Å². The van der Waals surface area contributed by atoms with Gasteiger partial charge in [-0.15, -0.1) is 13.2 Å². The Morgan fingerprint density at radius 1 is 0.966 bits per heavy atom. The Labute approximate surface area is 167 Å². The van der Waals surface area contributed by atoms with Gasteiger partial charge < -0.3 is 4.74 Å². The van der Waals surface area contributed by atoms with Gasteiger partial charge in [-0.1, -0.05) is 18.2 Å². The van der Waals surface area contributed by atoms with Gasteiger partial charge >= 0.3 is 6.36 Å². The first-order valence-electron chi connectivity index (χ1n) is 9.18. The van der Waals surface area contributed by atoms with Gasteiger partial charge in [0.15, 0.2) is 0 Å². The summed E-state index contributed by atoms with van der Waals surface area (Å²) in [5.74, 6) is -0.208. The van der Waals surface area contributed by atoms with Crippen molar-refractivity contribution in [1.29, 1.82) is 0 Å². The zero-order valence-electron chi connectivity index (χ0n) is 15.7. The largest absolute Gasteiger partial charge is 0.573 e. The van der Waals surface area contributed by atoms with E-state index in [0.29, 0.717) is 5.56 Å². The number of nitrogens with two attached hydrogens (primary N) is 1. The molecule has 0 amide bonds. The number of ether oxygens (including phenoxy) is 1. The number of halogens is 3. The van der Waals surface area contributed by atoms with E-state index in [1.165, 1.54) is 18.2 Å². The second kappa shape index (κ2) is 6.60. The maximum Gasteiger partial charge on any atom is 0.573 e. The number of alkyl halides is 3. The highest BCUT2D eigenvalue weighted by Crippen LogP contribution is 2.63. The maximum absolute atomic E-state index is 12.5. The Kier molecular flexibility index (Phi) is 4.55. The van der Waals surface area contributed by atoms with Gasteiger partial charge in [-0.25, -0.2) is 13.6 Å². The summed E-state index contributed by atoms with van der Waals surface area (Å²) >= 11 is 0. The maximum atomic E-state index is 12.5. The molecule has 2 aromatic carbocycles. The van der Waals surface area contributed by atoms with Gasteiger partial charge in [-0.3, -0.25) is 0 Å². The van der Waals surface area contributed by atoms with E-state index >= 15 is 0 Å². The van der Waals surface area contributed by atoms with E-state index in [0.717, 1.165) is 48.0 Å². The lowest BCUT2D eigenvalue weighted by Gasteiger charge is -2.14. The zero-order chi connectivity index (χ0) is 21.0. The Morgan fingerprint density at radius 2 is 1.52 bits per heavy atom. The molecule has 1 saturated carbocycles. The van der Waals surface area contributed by atoms with Gasteiger partial charge in [-0.05, 0) is 90.1 Å². The summed E-state index contributed by atoms with van der Waals surface area (Å²) in [6.07, 6.45) is -0.769. The molecular weight excluding hydrogens is 403 g/mol. The third kappa shape index (κ3) is 4.18. The molecule has 0 bridgehead atoms. The molecule has 0 atom stereocenters. The van der Waals surface area contributed by atoms with E-state index in [2.05, 4.69) is 4.74 Å². The van der Waals surface area contributed by atoms with E-state index in [1.54, 1.807) is 31.2 Å². The molecule has 8 heteroatoms. The smallest absolute Gasteiger partial charge is 0.406 e. The first-order valence-corrected chi connectivity index (χ1v) is 10.7. The van der Waals surface area contributed by atoms with E-state index in [1.807, 2.05) is 0 Å². The number of benzene rings is 2. The highest BCUT2D eigenvalue weighted by Gasteiger charge is 2.48. The molecule has 1 spiro atoms. The van der Waals surface area contributed by atoms with Gasteiger partial charge in [-0.2, -0.15) is 0 Å². The molecule has 154 valence electrons. The lowest BCUT2D eigenvalue weighted by atomic mass is 9.96. The van der Waals surface area contributed by atoms with Crippen LogP contribution in [0.2, 0.25) is 0 Å². The first-order chi connectivity index (χ1) is 13.5. The molecule has 4 rings (SSSR count). The molecule has 4 nitrogen and oxygen atoms in total. The van der Waals surface area contributed by atoms with Crippen LogP contribution in [0.4, 0.5) is 13.2 Å². The summed E-state index contributed by atoms with van der Waals surface area (Å²) in [5.41, 5.74) is 4.60. The average Bonchev–Trinajstić information content (AvgIpc) is 3.26. The minimum atomic E-state index is -4.73. The molecule has 0 aromatic heterocycles. The first kappa shape index (κ1) is 20.0. The van der Waals surface area contributed by atoms with Crippen LogP contribution in [0.25, 0.3) is 11.1 Å². The van der Waals surface area contributed by atoms with Crippen molar-refractivity contribution in [3.8, 4) is 5.75 Å². The lowest BCUT2D eigenvalue weighted by molar-refractivity contribution is -0.274. The van der Waals surface area contributed by atoms with Crippen molar-refractivity contribution in [1.82, 2.24) is 0 Å². The van der Waals surface area contributed by atoms with Crippen LogP contribution < -0.4 is 9.88 Å². The van der Waals surface area contributed by atoms with Crippen LogP contribution in [0.15, 0.2) is 47.4 Å². The Hall–Kier alpha value is -2.32. The third-order valence-electron chi connectivity index (χ3n) is 5.71. The van der Waals surface area contributed by atoms with E-state index in [4.69, 9.17) is 5.14 Å². The molecule has 0 aliphatic heterocycles. The highest BCUT2D eigenvalue weighted by atomic mass is 32.2. The standard InChI is InChI=1S/C21H20F3NO3S/c1-13-10-15(4-7-19(13)28-21(22,23)24)18-12-20(8-9-20)11-17(18)14-2-5-16(6-3-14)29(25,26)27/h2-7,10H,8-9,11-12H2,1H3,(H2,25,26,27). The molecule has 0 heterocycles. The van der Waals surface area contributed by atoms with Gasteiger partial charge in [0, 0.05) is 0 Å². The SMILES string of the molecule is Cc1cc(C2=C(c3ccc(S(N)(=O)=O)cc3)CC3(CC3)C2)ccc1OC(F)(F)F. The number of primary sulfonamides is 1. The van der Waals surface area contributed by atoms with Crippen LogP contribution in [0.5, 0.6) is 5.75 Å². The van der Waals surface area contributed by atoms with Crippen LogP contribution in [0.1, 0.15) is 42.4 Å². The van der Waals surface area contributed by atoms with Crippen LogP contribution in [-0.4, -0.2) is 14.8 Å². The van der Waals surface area contributed by atoms with Crippen LogP contribution >= 0.6 is 0 Å². The molecule has 2 aliphatic rings. The fourth-order valence-electron chi connectivity index (χ4n) is 4.03. The van der Waals surface area contributed by atoms with Crippen LogP contribution in [0.3, 0.4) is 0 Å². The van der Waals surface area contributed by atoms with Crippen molar-refractivity contribution in [2.24, 2.45) is 10.6 Å². The molecule has 2 aromatic rings. The number of allylic oxidation sites excluding steroid dienone is 2. The van der Waals surface area contributed by atoms with Gasteiger partial charge in [0.05, 0.1) is 4.90 Å². The molecule has 2 N–H and O–H groups in total. The second-order valence-electron chi connectivity index (χ2n) is 7.91. The number of hydrogen-bond acceptors (Lipinski definition) is 3. The number of sulfonamides is 1. The fourth-order valence-corrected chi connectivity index (χ4v) is 4.55. The van der Waals surface area contributed by atoms with Crippen molar-refractivity contribution < 1.29 is 26.3 Å². The van der Waals surface area contributed by atoms with Gasteiger partial charge in [0.25, 0.3) is 0 Å². The van der Waals surface area contributed by atoms with Crippen LogP contribution in [-0.2, 0) is 10.0 Å². The molecule has 0 saturated heterocycles. The second-order valence-corrected chi connectivity index (χ2v) is 9.47. The van der Waals surface area contributed by atoms with E-state index in [9.17, 15) is 21.6 Å². The number of aryl methyl sites for hydroxylation is 1. The molecule has 29 heavy (non-hydrogen) atoms. The van der Waals surface area contributed by atoms with Crippen LogP contribution in [0, 0.1) is 12.3 Å². The summed E-state index contributed by atoms with van der Waals surface area (Å²) in [6.45, 7) is 1.59. The van der Waals surface area contributed by atoms with Gasteiger partial charge in [0.2, 0.25) is 10.0 Å². The van der Waals surface area contributed by atoms with Crippen molar-refractivity contribution in [2.75, 3.05) is 0 Å². The van der Waals surface area contributed by atoms with Crippen molar-refractivity contribution >= 4 is 21.2 Å². The summed E-state index contributed by atoms with van der Waals surface area (Å²) in [5, 5.41) is 5.17. The monoisotopic (exact) mass is 423 g/mol. The molecule has 2 aliphatic carbocycles. The average molecular weight is 423 g/mol. The number of rotatable bonds is 4. The summed E-state index contributed by atoms with van der Waals surface area (Å²) in [4.78, 5) is 0.0482. The molecule has 0 radical (unpaired) electrons. The summed E-state index contributed by atoms with van der Waals surface area (Å²) in [7, 11) is -3.77. The predicted octanol–water partition coefficient (Wildman–Crippen LogP) is 5.03. The highest BCUT2D eigenvalue weighted by molar-refractivity contribution is 7.89.